The van der Waals surface area contributed by atoms with Gasteiger partial charge in [-0.15, -0.1) is 0 Å². The summed E-state index contributed by atoms with van der Waals surface area (Å²) in [6.45, 7) is 7.03. The van der Waals surface area contributed by atoms with Crippen LogP contribution in [0.1, 0.15) is 34.8 Å². The van der Waals surface area contributed by atoms with Gasteiger partial charge in [0.1, 0.15) is 0 Å². The van der Waals surface area contributed by atoms with Gasteiger partial charge in [0.15, 0.2) is 0 Å². The Labute approximate surface area is 95.7 Å². The maximum Gasteiger partial charge on any atom is 0.336 e. The van der Waals surface area contributed by atoms with E-state index >= 15 is 0 Å². The Morgan fingerprint density at radius 3 is 2.56 bits per heavy atom. The largest absolute Gasteiger partial charge is 0.478 e. The van der Waals surface area contributed by atoms with Crippen LogP contribution in [0.15, 0.2) is 12.1 Å². The Kier molecular flexibility index (Phi) is 2.62. The first kappa shape index (κ1) is 11.0. The van der Waals surface area contributed by atoms with Crippen molar-refractivity contribution in [3.05, 3.63) is 28.8 Å². The van der Waals surface area contributed by atoms with Crippen molar-refractivity contribution >= 4 is 11.7 Å². The van der Waals surface area contributed by atoms with E-state index in [2.05, 4.69) is 17.9 Å². The van der Waals surface area contributed by atoms with Gasteiger partial charge in [-0.3, -0.25) is 0 Å². The Morgan fingerprint density at radius 1 is 1.44 bits per heavy atom. The Hall–Kier alpha value is -1.51. The van der Waals surface area contributed by atoms with Gasteiger partial charge in [-0.2, -0.15) is 0 Å². The summed E-state index contributed by atoms with van der Waals surface area (Å²) in [5.41, 5.74) is 3.38. The van der Waals surface area contributed by atoms with Gasteiger partial charge in [-0.1, -0.05) is 0 Å². The number of anilines is 1. The molecule has 1 heterocycles. The molecule has 1 aromatic rings. The molecule has 0 aliphatic carbocycles. The molecule has 16 heavy (non-hydrogen) atoms. The highest BCUT2D eigenvalue weighted by molar-refractivity contribution is 5.91. The number of rotatable bonds is 2. The number of nitrogens with zero attached hydrogens (tertiary/aromatic N) is 1. The fraction of sp³-hybridized carbons (Fsp3) is 0.462. The molecule has 1 saturated heterocycles. The maximum atomic E-state index is 11.1. The van der Waals surface area contributed by atoms with Crippen molar-refractivity contribution in [1.29, 1.82) is 0 Å². The summed E-state index contributed by atoms with van der Waals surface area (Å²) in [6.07, 6.45) is 1.19. The maximum absolute atomic E-state index is 11.1. The molecule has 1 unspecified atom stereocenters. The Morgan fingerprint density at radius 2 is 2.12 bits per heavy atom. The minimum atomic E-state index is -0.837. The topological polar surface area (TPSA) is 40.5 Å². The normalized spacial score (nSPS) is 19.4. The van der Waals surface area contributed by atoms with Gasteiger partial charge >= 0.3 is 5.97 Å². The molecule has 0 radical (unpaired) electrons. The van der Waals surface area contributed by atoms with E-state index in [0.29, 0.717) is 11.6 Å². The summed E-state index contributed by atoms with van der Waals surface area (Å²) in [6, 6.07) is 4.40. The Balaban J connectivity index is 2.44. The fourth-order valence-corrected chi connectivity index (χ4v) is 2.13. The van der Waals surface area contributed by atoms with E-state index in [1.807, 2.05) is 13.8 Å². The summed E-state index contributed by atoms with van der Waals surface area (Å²) < 4.78 is 0. The molecule has 2 rings (SSSR count). The van der Waals surface area contributed by atoms with Crippen molar-refractivity contribution < 1.29 is 9.90 Å². The SMILES string of the molecule is Cc1cc(N2CCC2C)cc(C(=O)O)c1C. The van der Waals surface area contributed by atoms with E-state index in [4.69, 9.17) is 5.11 Å². The second-order valence-electron chi connectivity index (χ2n) is 4.57. The zero-order valence-corrected chi connectivity index (χ0v) is 9.95. The number of carboxylic acid groups (broad SMARTS) is 1. The van der Waals surface area contributed by atoms with Crippen molar-refractivity contribution in [3.63, 3.8) is 0 Å². The first-order valence-corrected chi connectivity index (χ1v) is 5.62. The molecule has 1 aliphatic rings. The van der Waals surface area contributed by atoms with Crippen molar-refractivity contribution in [1.82, 2.24) is 0 Å². The molecule has 1 aromatic carbocycles. The lowest BCUT2D eigenvalue weighted by Crippen LogP contribution is -2.45. The van der Waals surface area contributed by atoms with Crippen LogP contribution in [0.4, 0.5) is 5.69 Å². The zero-order valence-electron chi connectivity index (χ0n) is 9.95. The van der Waals surface area contributed by atoms with E-state index in [1.165, 1.54) is 6.42 Å². The predicted octanol–water partition coefficient (Wildman–Crippen LogP) is 2.60. The number of aromatic carboxylic acids is 1. The van der Waals surface area contributed by atoms with E-state index < -0.39 is 5.97 Å². The molecule has 1 fully saturated rings. The van der Waals surface area contributed by atoms with Crippen molar-refractivity contribution in [3.8, 4) is 0 Å². The lowest BCUT2D eigenvalue weighted by molar-refractivity contribution is 0.0696. The van der Waals surface area contributed by atoms with E-state index in [9.17, 15) is 4.79 Å². The molecule has 0 aromatic heterocycles. The first-order chi connectivity index (χ1) is 7.50. The number of hydrogen-bond donors (Lipinski definition) is 1. The van der Waals surface area contributed by atoms with Crippen LogP contribution in [0.3, 0.4) is 0 Å². The highest BCUT2D eigenvalue weighted by Gasteiger charge is 2.25. The fourth-order valence-electron chi connectivity index (χ4n) is 2.13. The third-order valence-corrected chi connectivity index (χ3v) is 3.53. The third-order valence-electron chi connectivity index (χ3n) is 3.53. The van der Waals surface area contributed by atoms with Crippen LogP contribution < -0.4 is 4.90 Å². The van der Waals surface area contributed by atoms with Crippen LogP contribution >= 0.6 is 0 Å². The van der Waals surface area contributed by atoms with Crippen LogP contribution in [0.25, 0.3) is 0 Å². The second-order valence-corrected chi connectivity index (χ2v) is 4.57. The molecule has 0 saturated carbocycles. The molecule has 3 heteroatoms. The average Bonchev–Trinajstić information content (AvgIpc) is 2.20. The van der Waals surface area contributed by atoms with Crippen LogP contribution in [0.2, 0.25) is 0 Å². The van der Waals surface area contributed by atoms with Gasteiger partial charge in [-0.25, -0.2) is 4.79 Å². The van der Waals surface area contributed by atoms with Gasteiger partial charge in [0.25, 0.3) is 0 Å². The number of aryl methyl sites for hydroxylation is 1. The number of benzene rings is 1. The molecule has 0 bridgehead atoms. The second kappa shape index (κ2) is 3.81. The van der Waals surface area contributed by atoms with Crippen molar-refractivity contribution in [2.75, 3.05) is 11.4 Å². The van der Waals surface area contributed by atoms with E-state index in [1.54, 1.807) is 6.07 Å². The molecule has 1 N–H and O–H groups in total. The van der Waals surface area contributed by atoms with Gasteiger partial charge in [0, 0.05) is 18.3 Å². The third kappa shape index (κ3) is 1.66. The average molecular weight is 219 g/mol. The van der Waals surface area contributed by atoms with Gasteiger partial charge in [0.05, 0.1) is 5.56 Å². The zero-order chi connectivity index (χ0) is 11.9. The Bertz CT molecular complexity index is 440. The summed E-state index contributed by atoms with van der Waals surface area (Å²) >= 11 is 0. The van der Waals surface area contributed by atoms with Crippen LogP contribution in [-0.2, 0) is 0 Å². The van der Waals surface area contributed by atoms with Crippen LogP contribution in [0, 0.1) is 13.8 Å². The number of carbonyl (C=O) groups is 1. The lowest BCUT2D eigenvalue weighted by Gasteiger charge is -2.41. The first-order valence-electron chi connectivity index (χ1n) is 5.62. The molecule has 0 spiro atoms. The molecule has 1 atom stereocenters. The standard InChI is InChI=1S/C13H17NO2/c1-8-6-11(14-5-4-9(14)2)7-12(10(8)3)13(15)16/h6-7,9H,4-5H2,1-3H3,(H,15,16). The van der Waals surface area contributed by atoms with Gasteiger partial charge in [-0.05, 0) is 50.5 Å². The van der Waals surface area contributed by atoms with Crippen molar-refractivity contribution in [2.24, 2.45) is 0 Å². The summed E-state index contributed by atoms with van der Waals surface area (Å²) in [5, 5.41) is 9.13. The van der Waals surface area contributed by atoms with E-state index in [-0.39, 0.29) is 0 Å². The monoisotopic (exact) mass is 219 g/mol. The molecule has 0 amide bonds. The van der Waals surface area contributed by atoms with Crippen LogP contribution in [-0.4, -0.2) is 23.7 Å². The highest BCUT2D eigenvalue weighted by Crippen LogP contribution is 2.29. The van der Waals surface area contributed by atoms with Gasteiger partial charge in [0.2, 0.25) is 0 Å². The molecular formula is C13H17NO2. The predicted molar refractivity (Wildman–Crippen MR) is 64.3 cm³/mol. The lowest BCUT2D eigenvalue weighted by atomic mass is 9.98. The summed E-state index contributed by atoms with van der Waals surface area (Å²) in [5.74, 6) is -0.837. The van der Waals surface area contributed by atoms with Crippen LogP contribution in [0.5, 0.6) is 0 Å². The number of hydrogen-bond acceptors (Lipinski definition) is 2. The van der Waals surface area contributed by atoms with Gasteiger partial charge < -0.3 is 10.0 Å². The minimum absolute atomic E-state index is 0.425. The molecule has 86 valence electrons. The quantitative estimate of drug-likeness (QED) is 0.831. The molecule has 3 nitrogen and oxygen atoms in total. The van der Waals surface area contributed by atoms with E-state index in [0.717, 1.165) is 23.4 Å². The molecule has 1 aliphatic heterocycles. The smallest absolute Gasteiger partial charge is 0.336 e. The van der Waals surface area contributed by atoms with Crippen molar-refractivity contribution in [2.45, 2.75) is 33.2 Å². The summed E-state index contributed by atoms with van der Waals surface area (Å²) in [7, 11) is 0. The minimum Gasteiger partial charge on any atom is -0.478 e. The molecular weight excluding hydrogens is 202 g/mol. The number of carboxylic acids is 1. The summed E-state index contributed by atoms with van der Waals surface area (Å²) in [4.78, 5) is 13.4. The highest BCUT2D eigenvalue weighted by atomic mass is 16.4.